The molecular weight excluding hydrogens is 386 g/mol. The highest BCUT2D eigenvalue weighted by Crippen LogP contribution is 2.33. The highest BCUT2D eigenvalue weighted by Gasteiger charge is 2.18. The molecule has 1 N–H and O–H groups in total. The summed E-state index contributed by atoms with van der Waals surface area (Å²) in [6, 6.07) is 17.7. The quantitative estimate of drug-likeness (QED) is 0.570. The molecule has 3 rings (SSSR count). The summed E-state index contributed by atoms with van der Waals surface area (Å²) in [5, 5.41) is 19.6. The van der Waals surface area contributed by atoms with Crippen molar-refractivity contribution in [2.24, 2.45) is 0 Å². The molecule has 0 fully saturated rings. The molecular formula is C23H22ClN3O2. The molecule has 0 radical (unpaired) electrons. The summed E-state index contributed by atoms with van der Waals surface area (Å²) in [5.41, 5.74) is 4.36. The van der Waals surface area contributed by atoms with Gasteiger partial charge in [-0.15, -0.1) is 11.6 Å². The van der Waals surface area contributed by atoms with Crippen LogP contribution in [0.5, 0.6) is 5.88 Å². The molecule has 0 amide bonds. The molecule has 0 aliphatic rings. The number of halogens is 1. The van der Waals surface area contributed by atoms with Gasteiger partial charge in [0.25, 0.3) is 0 Å². The molecule has 0 spiro atoms. The monoisotopic (exact) mass is 407 g/mol. The zero-order valence-corrected chi connectivity index (χ0v) is 17.1. The van der Waals surface area contributed by atoms with E-state index in [1.165, 1.54) is 5.56 Å². The summed E-state index contributed by atoms with van der Waals surface area (Å²) >= 11 is 5.66. The number of aliphatic hydroxyl groups is 1. The summed E-state index contributed by atoms with van der Waals surface area (Å²) in [7, 11) is 0. The van der Waals surface area contributed by atoms with Crippen molar-refractivity contribution in [2.45, 2.75) is 25.9 Å². The Labute approximate surface area is 175 Å². The number of nitriles is 1. The Morgan fingerprint density at radius 2 is 1.90 bits per heavy atom. The van der Waals surface area contributed by atoms with Crippen molar-refractivity contribution in [2.75, 3.05) is 12.5 Å². The second kappa shape index (κ2) is 9.51. The fourth-order valence-corrected chi connectivity index (χ4v) is 2.96. The summed E-state index contributed by atoms with van der Waals surface area (Å²) in [4.78, 5) is 8.85. The van der Waals surface area contributed by atoms with E-state index in [-0.39, 0.29) is 18.4 Å². The zero-order valence-electron chi connectivity index (χ0n) is 16.3. The molecule has 6 heteroatoms. The van der Waals surface area contributed by atoms with Crippen LogP contribution in [0.4, 0.5) is 0 Å². The van der Waals surface area contributed by atoms with Crippen LogP contribution >= 0.6 is 11.6 Å². The number of benzene rings is 1. The van der Waals surface area contributed by atoms with Gasteiger partial charge in [0.05, 0.1) is 17.3 Å². The van der Waals surface area contributed by atoms with E-state index in [9.17, 15) is 10.4 Å². The normalized spacial score (nSPS) is 11.9. The van der Waals surface area contributed by atoms with E-state index in [0.29, 0.717) is 28.4 Å². The fourth-order valence-electron chi connectivity index (χ4n) is 2.87. The minimum absolute atomic E-state index is 0.0331. The van der Waals surface area contributed by atoms with Crippen molar-refractivity contribution in [1.29, 1.82) is 5.26 Å². The van der Waals surface area contributed by atoms with Crippen molar-refractivity contribution in [3.8, 4) is 34.5 Å². The molecule has 2 aromatic heterocycles. The van der Waals surface area contributed by atoms with Crippen molar-refractivity contribution in [3.05, 3.63) is 65.9 Å². The maximum absolute atomic E-state index is 9.81. The molecule has 0 saturated heterocycles. The van der Waals surface area contributed by atoms with Crippen LogP contribution in [-0.2, 0) is 0 Å². The molecule has 0 saturated carbocycles. The van der Waals surface area contributed by atoms with Crippen LogP contribution in [0.2, 0.25) is 0 Å². The van der Waals surface area contributed by atoms with Crippen LogP contribution in [0.15, 0.2) is 54.7 Å². The van der Waals surface area contributed by atoms with Gasteiger partial charge in [0.2, 0.25) is 5.88 Å². The predicted molar refractivity (Wildman–Crippen MR) is 114 cm³/mol. The van der Waals surface area contributed by atoms with Gasteiger partial charge >= 0.3 is 0 Å². The van der Waals surface area contributed by atoms with E-state index in [1.807, 2.05) is 36.4 Å². The second-order valence-electron chi connectivity index (χ2n) is 6.96. The van der Waals surface area contributed by atoms with Crippen molar-refractivity contribution in [1.82, 2.24) is 9.97 Å². The van der Waals surface area contributed by atoms with Crippen molar-refractivity contribution < 1.29 is 9.84 Å². The Balaban J connectivity index is 2.13. The number of ether oxygens (including phenoxy) is 1. The third-order valence-electron chi connectivity index (χ3n) is 4.50. The maximum atomic E-state index is 9.81. The summed E-state index contributed by atoms with van der Waals surface area (Å²) in [6.07, 6.45) is 0.835. The summed E-state index contributed by atoms with van der Waals surface area (Å²) < 4.78 is 5.67. The molecule has 1 unspecified atom stereocenters. The van der Waals surface area contributed by atoms with Gasteiger partial charge in [-0.2, -0.15) is 5.26 Å². The maximum Gasteiger partial charge on any atom is 0.233 e. The van der Waals surface area contributed by atoms with Crippen molar-refractivity contribution >= 4 is 11.6 Å². The molecule has 0 aliphatic carbocycles. The van der Waals surface area contributed by atoms with Gasteiger partial charge in [0, 0.05) is 11.8 Å². The van der Waals surface area contributed by atoms with Crippen LogP contribution in [0.25, 0.3) is 22.5 Å². The third-order valence-corrected chi connectivity index (χ3v) is 4.86. The van der Waals surface area contributed by atoms with Crippen LogP contribution in [0, 0.1) is 11.3 Å². The van der Waals surface area contributed by atoms with Crippen molar-refractivity contribution in [3.63, 3.8) is 0 Å². The Kier molecular flexibility index (Phi) is 6.82. The number of aliphatic hydroxyl groups excluding tert-OH is 1. The highest BCUT2D eigenvalue weighted by molar-refractivity contribution is 6.18. The van der Waals surface area contributed by atoms with Crippen LogP contribution < -0.4 is 4.74 Å². The van der Waals surface area contributed by atoms with E-state index >= 15 is 0 Å². The van der Waals surface area contributed by atoms with E-state index < -0.39 is 6.10 Å². The molecule has 3 aromatic rings. The first kappa shape index (κ1) is 20.8. The first-order valence-electron chi connectivity index (χ1n) is 9.37. The molecule has 0 aliphatic heterocycles. The topological polar surface area (TPSA) is 79.0 Å². The average Bonchev–Trinajstić information content (AvgIpc) is 2.77. The average molecular weight is 408 g/mol. The molecule has 29 heavy (non-hydrogen) atoms. The Morgan fingerprint density at radius 1 is 1.14 bits per heavy atom. The number of aromatic nitrogens is 2. The van der Waals surface area contributed by atoms with Gasteiger partial charge in [-0.1, -0.05) is 44.2 Å². The molecule has 1 atom stereocenters. The number of hydrogen-bond acceptors (Lipinski definition) is 5. The molecule has 5 nitrogen and oxygen atoms in total. The van der Waals surface area contributed by atoms with Crippen LogP contribution in [0.3, 0.4) is 0 Å². The SMILES string of the molecule is CC(C)c1ccc(-c2cc(-c3ccccn3)nc(OCC(O)CCl)c2C#N)cc1. The van der Waals surface area contributed by atoms with Gasteiger partial charge in [0.15, 0.2) is 0 Å². The highest BCUT2D eigenvalue weighted by atomic mass is 35.5. The Hall–Kier alpha value is -2.94. The number of alkyl halides is 1. The third kappa shape index (κ3) is 4.92. The fraction of sp³-hybridized carbons (Fsp3) is 0.261. The predicted octanol–water partition coefficient (Wildman–Crippen LogP) is 4.78. The molecule has 148 valence electrons. The minimum Gasteiger partial charge on any atom is -0.474 e. The standard InChI is InChI=1S/C23H22ClN3O2/c1-15(2)16-6-8-17(9-7-16)19-11-22(21-5-3-4-10-26-21)27-23(20(19)13-25)29-14-18(28)12-24/h3-11,15,18,28H,12,14H2,1-2H3. The summed E-state index contributed by atoms with van der Waals surface area (Å²) in [6.45, 7) is 4.22. The van der Waals surface area contributed by atoms with E-state index in [2.05, 4.69) is 42.0 Å². The first-order valence-corrected chi connectivity index (χ1v) is 9.90. The molecule has 1 aromatic carbocycles. The number of pyridine rings is 2. The Morgan fingerprint density at radius 3 is 2.48 bits per heavy atom. The van der Waals surface area contributed by atoms with Gasteiger partial charge in [-0.3, -0.25) is 4.98 Å². The number of rotatable bonds is 7. The Bertz CT molecular complexity index is 999. The van der Waals surface area contributed by atoms with Gasteiger partial charge in [-0.25, -0.2) is 4.98 Å². The van der Waals surface area contributed by atoms with E-state index in [4.69, 9.17) is 16.3 Å². The number of hydrogen-bond donors (Lipinski definition) is 1. The lowest BCUT2D eigenvalue weighted by Gasteiger charge is -2.15. The van der Waals surface area contributed by atoms with Gasteiger partial charge < -0.3 is 9.84 Å². The second-order valence-corrected chi connectivity index (χ2v) is 7.27. The largest absolute Gasteiger partial charge is 0.474 e. The zero-order chi connectivity index (χ0) is 20.8. The van der Waals surface area contributed by atoms with Crippen LogP contribution in [-0.4, -0.2) is 33.7 Å². The first-order chi connectivity index (χ1) is 14.0. The minimum atomic E-state index is -0.850. The lowest BCUT2D eigenvalue weighted by atomic mass is 9.96. The molecule has 0 bridgehead atoms. The van der Waals surface area contributed by atoms with Gasteiger partial charge in [0.1, 0.15) is 24.3 Å². The molecule has 2 heterocycles. The number of nitrogens with zero attached hydrogens (tertiary/aromatic N) is 3. The smallest absolute Gasteiger partial charge is 0.233 e. The van der Waals surface area contributed by atoms with E-state index in [0.717, 1.165) is 5.56 Å². The summed E-state index contributed by atoms with van der Waals surface area (Å²) in [5.74, 6) is 0.602. The van der Waals surface area contributed by atoms with E-state index in [1.54, 1.807) is 6.20 Å². The van der Waals surface area contributed by atoms with Crippen LogP contribution in [0.1, 0.15) is 30.9 Å². The lowest BCUT2D eigenvalue weighted by molar-refractivity contribution is 0.122. The van der Waals surface area contributed by atoms with Gasteiger partial charge in [-0.05, 0) is 35.2 Å². The lowest BCUT2D eigenvalue weighted by Crippen LogP contribution is -2.20.